The molecule has 0 saturated carbocycles. The lowest BCUT2D eigenvalue weighted by molar-refractivity contribution is 0.0635. The number of aromatic nitrogens is 1. The Balaban J connectivity index is 2.09. The lowest BCUT2D eigenvalue weighted by Gasteiger charge is -2.26. The molecule has 1 saturated heterocycles. The molecule has 1 atom stereocenters. The Kier molecular flexibility index (Phi) is 4.60. The molecule has 20 heavy (non-hydrogen) atoms. The average Bonchev–Trinajstić information content (AvgIpc) is 2.38. The van der Waals surface area contributed by atoms with Crippen LogP contribution in [0.15, 0.2) is 18.3 Å². The second-order valence-electron chi connectivity index (χ2n) is 6.07. The summed E-state index contributed by atoms with van der Waals surface area (Å²) < 4.78 is 5.27. The molecule has 2 heterocycles. The molecule has 0 aromatic carbocycles. The molecule has 110 valence electrons. The Morgan fingerprint density at radius 1 is 1.45 bits per heavy atom. The van der Waals surface area contributed by atoms with E-state index in [1.807, 2.05) is 32.9 Å². The van der Waals surface area contributed by atoms with Gasteiger partial charge in [0.1, 0.15) is 11.4 Å². The Labute approximate surface area is 120 Å². The van der Waals surface area contributed by atoms with Gasteiger partial charge in [0.25, 0.3) is 0 Å². The summed E-state index contributed by atoms with van der Waals surface area (Å²) in [6.45, 7) is 6.53. The van der Waals surface area contributed by atoms with E-state index in [0.29, 0.717) is 5.82 Å². The fourth-order valence-electron chi connectivity index (χ4n) is 2.32. The van der Waals surface area contributed by atoms with Crippen LogP contribution in [0.4, 0.5) is 10.6 Å². The fraction of sp³-hybridized carbons (Fsp3) is 0.600. The van der Waals surface area contributed by atoms with Gasteiger partial charge in [-0.2, -0.15) is 0 Å². The maximum absolute atomic E-state index is 11.9. The van der Waals surface area contributed by atoms with Crippen LogP contribution >= 0.6 is 0 Å². The van der Waals surface area contributed by atoms with Gasteiger partial charge in [-0.15, -0.1) is 0 Å². The number of anilines is 1. The van der Waals surface area contributed by atoms with Gasteiger partial charge in [0, 0.05) is 17.8 Å². The molecule has 1 aromatic rings. The van der Waals surface area contributed by atoms with Crippen LogP contribution in [0.1, 0.15) is 51.6 Å². The zero-order valence-corrected chi connectivity index (χ0v) is 12.4. The van der Waals surface area contributed by atoms with Gasteiger partial charge in [0.05, 0.1) is 0 Å². The van der Waals surface area contributed by atoms with Crippen molar-refractivity contribution >= 4 is 11.9 Å². The highest BCUT2D eigenvalue weighted by atomic mass is 16.6. The van der Waals surface area contributed by atoms with Crippen molar-refractivity contribution in [3.05, 3.63) is 23.9 Å². The summed E-state index contributed by atoms with van der Waals surface area (Å²) >= 11 is 0. The number of ether oxygens (including phenoxy) is 1. The first-order valence-corrected chi connectivity index (χ1v) is 7.14. The van der Waals surface area contributed by atoms with Crippen molar-refractivity contribution in [2.45, 2.75) is 51.7 Å². The summed E-state index contributed by atoms with van der Waals surface area (Å²) in [5.41, 5.74) is 0.514. The number of carbonyl (C=O) groups excluding carboxylic acids is 1. The monoisotopic (exact) mass is 277 g/mol. The third-order valence-electron chi connectivity index (χ3n) is 3.14. The van der Waals surface area contributed by atoms with Gasteiger partial charge in [-0.25, -0.2) is 9.78 Å². The Morgan fingerprint density at radius 3 is 2.90 bits per heavy atom. The number of nitrogens with zero attached hydrogens (tertiary/aromatic N) is 1. The minimum atomic E-state index is -0.512. The van der Waals surface area contributed by atoms with E-state index in [-0.39, 0.29) is 6.04 Å². The predicted molar refractivity (Wildman–Crippen MR) is 78.7 cm³/mol. The summed E-state index contributed by atoms with van der Waals surface area (Å²) in [7, 11) is 0. The number of rotatable bonds is 2. The normalized spacial score (nSPS) is 19.4. The van der Waals surface area contributed by atoms with E-state index in [9.17, 15) is 4.79 Å². The molecule has 2 rings (SSSR count). The van der Waals surface area contributed by atoms with Gasteiger partial charge in [-0.3, -0.25) is 5.32 Å². The number of hydrogen-bond acceptors (Lipinski definition) is 4. The van der Waals surface area contributed by atoms with E-state index in [4.69, 9.17) is 4.74 Å². The standard InChI is InChI=1S/C15H23N3O2/c1-15(2,3)20-14(19)18-13-11(7-6-10-17-13)12-8-4-5-9-16-12/h6-7,10,12,16H,4-5,8-9H2,1-3H3,(H,17,18,19)/t12-/m1/s1. The SMILES string of the molecule is CC(C)(C)OC(=O)Nc1ncccc1[C@H]1CCCCN1. The molecule has 1 aliphatic heterocycles. The second-order valence-corrected chi connectivity index (χ2v) is 6.07. The Morgan fingerprint density at radius 2 is 2.25 bits per heavy atom. The van der Waals surface area contributed by atoms with Crippen molar-refractivity contribution in [1.29, 1.82) is 0 Å². The highest BCUT2D eigenvalue weighted by Crippen LogP contribution is 2.27. The Hall–Kier alpha value is -1.62. The van der Waals surface area contributed by atoms with Crippen LogP contribution < -0.4 is 10.6 Å². The molecule has 1 amide bonds. The molecule has 0 bridgehead atoms. The molecule has 0 aliphatic carbocycles. The lowest BCUT2D eigenvalue weighted by Crippen LogP contribution is -2.30. The van der Waals surface area contributed by atoms with Crippen LogP contribution in [-0.2, 0) is 4.74 Å². The molecule has 5 nitrogen and oxygen atoms in total. The maximum atomic E-state index is 11.9. The summed E-state index contributed by atoms with van der Waals surface area (Å²) in [5.74, 6) is 0.584. The van der Waals surface area contributed by atoms with Crippen LogP contribution in [0.5, 0.6) is 0 Å². The number of nitrogens with one attached hydrogen (secondary N) is 2. The van der Waals surface area contributed by atoms with E-state index >= 15 is 0 Å². The van der Waals surface area contributed by atoms with E-state index in [1.165, 1.54) is 12.8 Å². The molecular weight excluding hydrogens is 254 g/mol. The van der Waals surface area contributed by atoms with E-state index in [0.717, 1.165) is 18.5 Å². The minimum Gasteiger partial charge on any atom is -0.444 e. The summed E-state index contributed by atoms with van der Waals surface area (Å²) in [4.78, 5) is 16.1. The fourth-order valence-corrected chi connectivity index (χ4v) is 2.32. The molecular formula is C15H23N3O2. The number of hydrogen-bond donors (Lipinski definition) is 2. The Bertz CT molecular complexity index is 462. The smallest absolute Gasteiger partial charge is 0.413 e. The van der Waals surface area contributed by atoms with Gasteiger partial charge >= 0.3 is 6.09 Å². The first kappa shape index (κ1) is 14.8. The van der Waals surface area contributed by atoms with Crippen LogP contribution in [0.2, 0.25) is 0 Å². The molecule has 0 spiro atoms. The van der Waals surface area contributed by atoms with Gasteiger partial charge < -0.3 is 10.1 Å². The highest BCUT2D eigenvalue weighted by Gasteiger charge is 2.21. The van der Waals surface area contributed by atoms with E-state index < -0.39 is 11.7 Å². The third-order valence-corrected chi connectivity index (χ3v) is 3.14. The molecule has 2 N–H and O–H groups in total. The second kappa shape index (κ2) is 6.22. The largest absolute Gasteiger partial charge is 0.444 e. The molecule has 0 radical (unpaired) electrons. The van der Waals surface area contributed by atoms with Crippen molar-refractivity contribution < 1.29 is 9.53 Å². The molecule has 5 heteroatoms. The van der Waals surface area contributed by atoms with E-state index in [2.05, 4.69) is 15.6 Å². The zero-order chi connectivity index (χ0) is 14.6. The minimum absolute atomic E-state index is 0.252. The molecule has 1 aliphatic rings. The molecule has 0 unspecified atom stereocenters. The van der Waals surface area contributed by atoms with Crippen molar-refractivity contribution in [3.63, 3.8) is 0 Å². The van der Waals surface area contributed by atoms with Crippen molar-refractivity contribution in [2.24, 2.45) is 0 Å². The first-order valence-electron chi connectivity index (χ1n) is 7.14. The number of pyridine rings is 1. The van der Waals surface area contributed by atoms with Crippen molar-refractivity contribution in [1.82, 2.24) is 10.3 Å². The summed E-state index contributed by atoms with van der Waals surface area (Å²) in [6.07, 6.45) is 4.67. The van der Waals surface area contributed by atoms with E-state index in [1.54, 1.807) is 6.20 Å². The highest BCUT2D eigenvalue weighted by molar-refractivity contribution is 5.84. The van der Waals surface area contributed by atoms with Crippen LogP contribution in [0, 0.1) is 0 Å². The van der Waals surface area contributed by atoms with Gasteiger partial charge in [-0.1, -0.05) is 12.5 Å². The lowest BCUT2D eigenvalue weighted by atomic mass is 9.98. The molecule has 1 aromatic heterocycles. The average molecular weight is 277 g/mol. The zero-order valence-electron chi connectivity index (χ0n) is 12.4. The maximum Gasteiger partial charge on any atom is 0.413 e. The van der Waals surface area contributed by atoms with Crippen LogP contribution in [0.3, 0.4) is 0 Å². The molecule has 1 fully saturated rings. The predicted octanol–water partition coefficient (Wildman–Crippen LogP) is 3.24. The summed E-state index contributed by atoms with van der Waals surface area (Å²) in [6, 6.07) is 4.15. The first-order chi connectivity index (χ1) is 9.46. The van der Waals surface area contributed by atoms with Gasteiger partial charge in [-0.05, 0) is 46.2 Å². The van der Waals surface area contributed by atoms with Crippen LogP contribution in [0.25, 0.3) is 0 Å². The van der Waals surface area contributed by atoms with Gasteiger partial charge in [0.2, 0.25) is 0 Å². The topological polar surface area (TPSA) is 63.2 Å². The van der Waals surface area contributed by atoms with Crippen molar-refractivity contribution in [3.8, 4) is 0 Å². The third kappa shape index (κ3) is 4.20. The van der Waals surface area contributed by atoms with Crippen molar-refractivity contribution in [2.75, 3.05) is 11.9 Å². The number of carbonyl (C=O) groups is 1. The quantitative estimate of drug-likeness (QED) is 0.871. The number of amides is 1. The van der Waals surface area contributed by atoms with Gasteiger partial charge in [0.15, 0.2) is 0 Å². The van der Waals surface area contributed by atoms with Crippen LogP contribution in [-0.4, -0.2) is 23.2 Å². The number of piperidine rings is 1. The summed E-state index contributed by atoms with van der Waals surface area (Å²) in [5, 5.41) is 6.22.